The molecule has 0 aliphatic heterocycles. The minimum Gasteiger partial charge on any atom is -0.489 e. The third-order valence-corrected chi connectivity index (χ3v) is 2.46. The summed E-state index contributed by atoms with van der Waals surface area (Å²) in [7, 11) is 0. The van der Waals surface area contributed by atoms with Crippen LogP contribution in [0.5, 0.6) is 5.75 Å². The van der Waals surface area contributed by atoms with Gasteiger partial charge >= 0.3 is 5.97 Å². The van der Waals surface area contributed by atoms with E-state index in [2.05, 4.69) is 13.5 Å². The molecule has 1 rings (SSSR count). The van der Waals surface area contributed by atoms with Crippen molar-refractivity contribution in [2.75, 3.05) is 6.61 Å². The van der Waals surface area contributed by atoms with E-state index in [9.17, 15) is 4.79 Å². The molecule has 0 aliphatic carbocycles. The average molecular weight is 234 g/mol. The highest BCUT2D eigenvalue weighted by Gasteiger charge is 2.04. The molecule has 0 aliphatic rings. The lowest BCUT2D eigenvalue weighted by Gasteiger charge is -2.06. The van der Waals surface area contributed by atoms with Crippen LogP contribution in [0.15, 0.2) is 36.4 Å². The zero-order chi connectivity index (χ0) is 12.7. The Morgan fingerprint density at radius 2 is 2.00 bits per heavy atom. The lowest BCUT2D eigenvalue weighted by atomic mass is 10.1. The first-order valence-electron chi connectivity index (χ1n) is 5.76. The van der Waals surface area contributed by atoms with Gasteiger partial charge in [0.25, 0.3) is 0 Å². The molecule has 0 heterocycles. The molecular formula is C14H18O3. The van der Waals surface area contributed by atoms with Crippen molar-refractivity contribution in [3.05, 3.63) is 42.0 Å². The molecule has 0 spiro atoms. The second-order valence-corrected chi connectivity index (χ2v) is 3.94. The molecule has 1 N–H and O–H groups in total. The van der Waals surface area contributed by atoms with Crippen LogP contribution in [0.3, 0.4) is 0 Å². The minimum atomic E-state index is -1.02. The van der Waals surface area contributed by atoms with E-state index >= 15 is 0 Å². The molecule has 0 atom stereocenters. The predicted molar refractivity (Wildman–Crippen MR) is 67.3 cm³/mol. The number of rotatable bonds is 7. The van der Waals surface area contributed by atoms with Crippen molar-refractivity contribution in [2.45, 2.75) is 26.2 Å². The smallest absolute Gasteiger partial charge is 0.334 e. The maximum atomic E-state index is 10.5. The average Bonchev–Trinajstić information content (AvgIpc) is 2.34. The molecule has 0 unspecified atom stereocenters. The Labute approximate surface area is 102 Å². The van der Waals surface area contributed by atoms with Gasteiger partial charge in [0, 0.05) is 0 Å². The highest BCUT2D eigenvalue weighted by atomic mass is 16.5. The van der Waals surface area contributed by atoms with Crippen LogP contribution in [0.25, 0.3) is 0 Å². The SMILES string of the molecule is C=C(COc1ccc(CCCC)cc1)C(=O)O. The zero-order valence-corrected chi connectivity index (χ0v) is 10.1. The number of carbonyl (C=O) groups is 1. The molecule has 0 aromatic heterocycles. The second kappa shape index (κ2) is 6.74. The fourth-order valence-electron chi connectivity index (χ4n) is 1.37. The summed E-state index contributed by atoms with van der Waals surface area (Å²) in [6.45, 7) is 5.58. The van der Waals surface area contributed by atoms with Crippen LogP contribution in [-0.4, -0.2) is 17.7 Å². The summed E-state index contributed by atoms with van der Waals surface area (Å²) in [5.74, 6) is -0.350. The molecule has 92 valence electrons. The molecule has 3 heteroatoms. The van der Waals surface area contributed by atoms with E-state index in [0.29, 0.717) is 5.75 Å². The summed E-state index contributed by atoms with van der Waals surface area (Å²) < 4.78 is 5.31. The number of aliphatic carboxylic acids is 1. The number of benzene rings is 1. The van der Waals surface area contributed by atoms with Gasteiger partial charge in [-0.05, 0) is 30.5 Å². The van der Waals surface area contributed by atoms with E-state index in [0.717, 1.165) is 6.42 Å². The van der Waals surface area contributed by atoms with Gasteiger partial charge < -0.3 is 9.84 Å². The molecular weight excluding hydrogens is 216 g/mol. The van der Waals surface area contributed by atoms with Crippen LogP contribution in [0, 0.1) is 0 Å². The third-order valence-electron chi connectivity index (χ3n) is 2.46. The zero-order valence-electron chi connectivity index (χ0n) is 10.1. The quantitative estimate of drug-likeness (QED) is 0.737. The number of unbranched alkanes of at least 4 members (excludes halogenated alkanes) is 1. The Balaban J connectivity index is 2.45. The van der Waals surface area contributed by atoms with Crippen molar-refractivity contribution in [3.63, 3.8) is 0 Å². The monoisotopic (exact) mass is 234 g/mol. The Bertz CT molecular complexity index is 379. The van der Waals surface area contributed by atoms with E-state index in [1.165, 1.54) is 18.4 Å². The van der Waals surface area contributed by atoms with Gasteiger partial charge in [-0.15, -0.1) is 0 Å². The van der Waals surface area contributed by atoms with Gasteiger partial charge in [-0.3, -0.25) is 0 Å². The Morgan fingerprint density at radius 1 is 1.35 bits per heavy atom. The minimum absolute atomic E-state index is 0.0175. The molecule has 1 aromatic carbocycles. The first kappa shape index (κ1) is 13.3. The molecule has 1 aromatic rings. The fourth-order valence-corrected chi connectivity index (χ4v) is 1.37. The maximum absolute atomic E-state index is 10.5. The second-order valence-electron chi connectivity index (χ2n) is 3.94. The summed E-state index contributed by atoms with van der Waals surface area (Å²) in [5, 5.41) is 8.62. The van der Waals surface area contributed by atoms with Gasteiger partial charge in [0.2, 0.25) is 0 Å². The number of ether oxygens (including phenoxy) is 1. The van der Waals surface area contributed by atoms with Crippen molar-refractivity contribution in [1.29, 1.82) is 0 Å². The Hall–Kier alpha value is -1.77. The molecule has 17 heavy (non-hydrogen) atoms. The van der Waals surface area contributed by atoms with E-state index < -0.39 is 5.97 Å². The Morgan fingerprint density at radius 3 is 2.53 bits per heavy atom. The van der Waals surface area contributed by atoms with Gasteiger partial charge in [0.05, 0.1) is 5.57 Å². The van der Waals surface area contributed by atoms with E-state index in [1.807, 2.05) is 24.3 Å². The molecule has 0 amide bonds. The van der Waals surface area contributed by atoms with Gasteiger partial charge in [-0.2, -0.15) is 0 Å². The number of carboxylic acid groups (broad SMARTS) is 1. The van der Waals surface area contributed by atoms with Crippen LogP contribution in [0.2, 0.25) is 0 Å². The van der Waals surface area contributed by atoms with Gasteiger partial charge in [-0.1, -0.05) is 32.1 Å². The van der Waals surface area contributed by atoms with E-state index in [-0.39, 0.29) is 12.2 Å². The summed E-state index contributed by atoms with van der Waals surface area (Å²) >= 11 is 0. The largest absolute Gasteiger partial charge is 0.489 e. The van der Waals surface area contributed by atoms with Crippen LogP contribution in [0.4, 0.5) is 0 Å². The van der Waals surface area contributed by atoms with E-state index in [1.54, 1.807) is 0 Å². The first-order chi connectivity index (χ1) is 8.13. The van der Waals surface area contributed by atoms with Crippen molar-refractivity contribution in [1.82, 2.24) is 0 Å². The third kappa shape index (κ3) is 4.72. The van der Waals surface area contributed by atoms with Gasteiger partial charge in [-0.25, -0.2) is 4.79 Å². The van der Waals surface area contributed by atoms with Crippen molar-refractivity contribution in [2.24, 2.45) is 0 Å². The highest BCUT2D eigenvalue weighted by Crippen LogP contribution is 2.14. The van der Waals surface area contributed by atoms with Crippen molar-refractivity contribution < 1.29 is 14.6 Å². The lowest BCUT2D eigenvalue weighted by Crippen LogP contribution is -2.08. The summed E-state index contributed by atoms with van der Waals surface area (Å²) in [4.78, 5) is 10.5. The summed E-state index contributed by atoms with van der Waals surface area (Å²) in [6.07, 6.45) is 3.42. The molecule has 0 radical (unpaired) electrons. The number of hydrogen-bond donors (Lipinski definition) is 1. The number of aryl methyl sites for hydroxylation is 1. The Kier molecular flexibility index (Phi) is 5.27. The topological polar surface area (TPSA) is 46.5 Å². The molecule has 0 bridgehead atoms. The van der Waals surface area contributed by atoms with Crippen LogP contribution in [-0.2, 0) is 11.2 Å². The highest BCUT2D eigenvalue weighted by molar-refractivity contribution is 5.86. The molecule has 0 fully saturated rings. The first-order valence-corrected chi connectivity index (χ1v) is 5.76. The number of carboxylic acids is 1. The van der Waals surface area contributed by atoms with Gasteiger partial charge in [0.1, 0.15) is 12.4 Å². The standard InChI is InChI=1S/C14H18O3/c1-3-4-5-12-6-8-13(9-7-12)17-10-11(2)14(15)16/h6-9H,2-5,10H2,1H3,(H,15,16). The predicted octanol–water partition coefficient (Wildman–Crippen LogP) is 3.05. The molecule has 0 saturated carbocycles. The van der Waals surface area contributed by atoms with Crippen molar-refractivity contribution >= 4 is 5.97 Å². The van der Waals surface area contributed by atoms with Crippen LogP contribution in [0.1, 0.15) is 25.3 Å². The van der Waals surface area contributed by atoms with Gasteiger partial charge in [0.15, 0.2) is 0 Å². The van der Waals surface area contributed by atoms with Crippen LogP contribution >= 0.6 is 0 Å². The van der Waals surface area contributed by atoms with Crippen LogP contribution < -0.4 is 4.74 Å². The molecule has 0 saturated heterocycles. The summed E-state index contributed by atoms with van der Waals surface area (Å²) in [5.41, 5.74) is 1.33. The summed E-state index contributed by atoms with van der Waals surface area (Å²) in [6, 6.07) is 7.74. The van der Waals surface area contributed by atoms with E-state index in [4.69, 9.17) is 9.84 Å². The normalized spacial score (nSPS) is 9.94. The van der Waals surface area contributed by atoms with Crippen molar-refractivity contribution in [3.8, 4) is 5.75 Å². The lowest BCUT2D eigenvalue weighted by molar-refractivity contribution is -0.133. The molecule has 3 nitrogen and oxygen atoms in total. The number of hydrogen-bond acceptors (Lipinski definition) is 2. The fraction of sp³-hybridized carbons (Fsp3) is 0.357. The maximum Gasteiger partial charge on any atom is 0.334 e.